The molecule has 3 aromatic rings. The molecule has 0 saturated carbocycles. The Balaban J connectivity index is 2.40. The molecular weight excluding hydrogens is 310 g/mol. The number of furan rings is 1. The molecular formula is C14H14ClN3O4. The van der Waals surface area contributed by atoms with Gasteiger partial charge in [-0.25, -0.2) is 4.79 Å². The average molecular weight is 324 g/mol. The molecule has 0 fully saturated rings. The van der Waals surface area contributed by atoms with Gasteiger partial charge in [0.25, 0.3) is 0 Å². The van der Waals surface area contributed by atoms with Gasteiger partial charge in [-0.1, -0.05) is 11.6 Å². The highest BCUT2D eigenvalue weighted by Gasteiger charge is 2.18. The van der Waals surface area contributed by atoms with E-state index >= 15 is 0 Å². The molecule has 2 aromatic heterocycles. The first kappa shape index (κ1) is 14.7. The smallest absolute Gasteiger partial charge is 0.350 e. The van der Waals surface area contributed by atoms with Crippen molar-refractivity contribution in [3.8, 4) is 0 Å². The molecule has 8 heteroatoms. The highest BCUT2D eigenvalue weighted by atomic mass is 35.5. The fourth-order valence-corrected chi connectivity index (χ4v) is 2.64. The Hall–Kier alpha value is -2.25. The lowest BCUT2D eigenvalue weighted by Crippen LogP contribution is -2.44. The van der Waals surface area contributed by atoms with Crippen molar-refractivity contribution < 1.29 is 9.15 Å². The number of ether oxygens (including phenoxy) is 1. The number of methoxy groups -OCH3 is 1. The lowest BCUT2D eigenvalue weighted by molar-refractivity contribution is 0.190. The van der Waals surface area contributed by atoms with Crippen LogP contribution >= 0.6 is 11.6 Å². The topological polar surface area (TPSA) is 92.4 Å². The van der Waals surface area contributed by atoms with Crippen LogP contribution in [0.2, 0.25) is 5.02 Å². The van der Waals surface area contributed by atoms with Crippen LogP contribution in [0.15, 0.2) is 32.2 Å². The molecule has 0 bridgehead atoms. The van der Waals surface area contributed by atoms with Crippen LogP contribution in [0.1, 0.15) is 6.42 Å². The minimum atomic E-state index is -0.671. The normalized spacial score (nSPS) is 11.5. The lowest BCUT2D eigenvalue weighted by atomic mass is 10.2. The Morgan fingerprint density at radius 1 is 1.36 bits per heavy atom. The van der Waals surface area contributed by atoms with Gasteiger partial charge in [-0.2, -0.15) is 4.68 Å². The predicted octanol–water partition coefficient (Wildman–Crippen LogP) is 1.31. The Kier molecular flexibility index (Phi) is 3.67. The molecule has 2 N–H and O–H groups in total. The first-order chi connectivity index (χ1) is 10.5. The van der Waals surface area contributed by atoms with Crippen LogP contribution in [-0.4, -0.2) is 23.0 Å². The summed E-state index contributed by atoms with van der Waals surface area (Å²) < 4.78 is 12.5. The third kappa shape index (κ3) is 2.18. The molecule has 3 rings (SSSR count). The number of nitrogen functional groups attached to an aromatic ring is 1. The maximum Gasteiger partial charge on any atom is 0.350 e. The van der Waals surface area contributed by atoms with E-state index in [4.69, 9.17) is 26.6 Å². The fraction of sp³-hybridized carbons (Fsp3) is 0.286. The van der Waals surface area contributed by atoms with E-state index in [1.54, 1.807) is 25.3 Å². The highest BCUT2D eigenvalue weighted by Crippen LogP contribution is 2.28. The maximum absolute atomic E-state index is 12.3. The van der Waals surface area contributed by atoms with Gasteiger partial charge in [-0.15, -0.1) is 0 Å². The van der Waals surface area contributed by atoms with E-state index in [9.17, 15) is 9.59 Å². The zero-order chi connectivity index (χ0) is 15.9. The molecule has 0 aliphatic carbocycles. The molecule has 1 aromatic carbocycles. The summed E-state index contributed by atoms with van der Waals surface area (Å²) in [5, 5.41) is 1.10. The molecule has 22 heavy (non-hydrogen) atoms. The van der Waals surface area contributed by atoms with Crippen LogP contribution in [0, 0.1) is 0 Å². The van der Waals surface area contributed by atoms with E-state index in [2.05, 4.69) is 0 Å². The summed E-state index contributed by atoms with van der Waals surface area (Å²) in [6.45, 7) is 0.829. The highest BCUT2D eigenvalue weighted by molar-refractivity contribution is 6.31. The van der Waals surface area contributed by atoms with Crippen LogP contribution in [-0.2, 0) is 11.3 Å². The molecule has 0 unspecified atom stereocenters. The molecule has 0 aliphatic rings. The molecule has 0 amide bonds. The van der Waals surface area contributed by atoms with Crippen LogP contribution < -0.4 is 17.1 Å². The third-order valence-corrected chi connectivity index (χ3v) is 3.71. The number of hydrogen-bond donors (Lipinski definition) is 1. The van der Waals surface area contributed by atoms with Crippen LogP contribution in [0.3, 0.4) is 0 Å². The largest absolute Gasteiger partial charge is 0.448 e. The van der Waals surface area contributed by atoms with E-state index in [1.165, 1.54) is 4.57 Å². The Morgan fingerprint density at radius 3 is 2.86 bits per heavy atom. The molecule has 0 spiro atoms. The van der Waals surface area contributed by atoms with E-state index in [0.717, 1.165) is 0 Å². The summed E-state index contributed by atoms with van der Waals surface area (Å²) in [7, 11) is 1.58. The van der Waals surface area contributed by atoms with E-state index < -0.39 is 11.2 Å². The van der Waals surface area contributed by atoms with Gasteiger partial charge >= 0.3 is 11.2 Å². The van der Waals surface area contributed by atoms with Crippen molar-refractivity contribution in [2.45, 2.75) is 13.0 Å². The number of fused-ring (bicyclic) bond motifs is 3. The third-order valence-electron chi connectivity index (χ3n) is 3.47. The fourth-order valence-electron chi connectivity index (χ4n) is 2.47. The first-order valence-corrected chi connectivity index (χ1v) is 7.04. The summed E-state index contributed by atoms with van der Waals surface area (Å²) in [6.07, 6.45) is 0.594. The zero-order valence-corrected chi connectivity index (χ0v) is 12.6. The Morgan fingerprint density at radius 2 is 2.14 bits per heavy atom. The van der Waals surface area contributed by atoms with Gasteiger partial charge in [0.2, 0.25) is 5.58 Å². The molecule has 2 heterocycles. The van der Waals surface area contributed by atoms with Gasteiger partial charge in [0, 0.05) is 30.7 Å². The van der Waals surface area contributed by atoms with Crippen molar-refractivity contribution in [2.24, 2.45) is 0 Å². The lowest BCUT2D eigenvalue weighted by Gasteiger charge is -2.08. The second-order valence-corrected chi connectivity index (χ2v) is 5.31. The minimum Gasteiger partial charge on any atom is -0.448 e. The maximum atomic E-state index is 12.3. The summed E-state index contributed by atoms with van der Waals surface area (Å²) in [4.78, 5) is 24.5. The summed E-state index contributed by atoms with van der Waals surface area (Å²) >= 11 is 6.01. The van der Waals surface area contributed by atoms with Crippen molar-refractivity contribution in [2.75, 3.05) is 19.6 Å². The quantitative estimate of drug-likeness (QED) is 0.577. The van der Waals surface area contributed by atoms with Gasteiger partial charge in [0.05, 0.1) is 0 Å². The Bertz CT molecular complexity index is 970. The number of nitrogens with two attached hydrogens (primary N) is 1. The van der Waals surface area contributed by atoms with Gasteiger partial charge in [0.15, 0.2) is 0 Å². The molecule has 116 valence electrons. The number of aryl methyl sites for hydroxylation is 1. The second-order valence-electron chi connectivity index (χ2n) is 4.88. The van der Waals surface area contributed by atoms with Gasteiger partial charge in [-0.05, 0) is 24.6 Å². The molecule has 0 radical (unpaired) electrons. The van der Waals surface area contributed by atoms with E-state index in [1.807, 2.05) is 0 Å². The van der Waals surface area contributed by atoms with Crippen molar-refractivity contribution in [3.05, 3.63) is 44.1 Å². The number of halogens is 1. The van der Waals surface area contributed by atoms with Gasteiger partial charge in [-0.3, -0.25) is 9.36 Å². The van der Waals surface area contributed by atoms with E-state index in [-0.39, 0.29) is 5.58 Å². The summed E-state index contributed by atoms with van der Waals surface area (Å²) in [5.41, 5.74) is -0.351. The van der Waals surface area contributed by atoms with Crippen molar-refractivity contribution in [1.29, 1.82) is 0 Å². The van der Waals surface area contributed by atoms with Crippen LogP contribution in [0.25, 0.3) is 22.1 Å². The molecule has 7 nitrogen and oxygen atoms in total. The molecule has 0 atom stereocenters. The monoisotopic (exact) mass is 323 g/mol. The van der Waals surface area contributed by atoms with Crippen molar-refractivity contribution >= 4 is 33.7 Å². The van der Waals surface area contributed by atoms with Crippen molar-refractivity contribution in [1.82, 2.24) is 9.24 Å². The minimum absolute atomic E-state index is 0.0387. The zero-order valence-electron chi connectivity index (χ0n) is 11.8. The van der Waals surface area contributed by atoms with Crippen molar-refractivity contribution in [3.63, 3.8) is 0 Å². The second kappa shape index (κ2) is 5.51. The summed E-state index contributed by atoms with van der Waals surface area (Å²) in [6, 6.07) is 4.97. The number of rotatable bonds is 4. The van der Waals surface area contributed by atoms with Crippen LogP contribution in [0.5, 0.6) is 0 Å². The number of aromatic nitrogens is 2. The van der Waals surface area contributed by atoms with Gasteiger partial charge in [0.1, 0.15) is 11.1 Å². The summed E-state index contributed by atoms with van der Waals surface area (Å²) in [5.74, 6) is 5.56. The number of benzene rings is 1. The average Bonchev–Trinajstić information content (AvgIpc) is 2.87. The van der Waals surface area contributed by atoms with Gasteiger partial charge < -0.3 is 15.0 Å². The SMILES string of the molecule is COCCCn1c(=O)n(N)c(=O)c2oc3ccc(Cl)cc3c21. The standard InChI is InChI=1S/C14H14ClN3O4/c1-21-6-2-5-17-11-9-7-8(15)3-4-10(9)22-12(11)13(19)18(16)14(17)20/h3-4,7H,2,5-6,16H2,1H3. The number of hydrogen-bond acceptors (Lipinski definition) is 5. The van der Waals surface area contributed by atoms with Crippen LogP contribution in [0.4, 0.5) is 0 Å². The first-order valence-electron chi connectivity index (χ1n) is 6.66. The molecule has 0 saturated heterocycles. The molecule has 0 aliphatic heterocycles. The Labute approximate surface area is 129 Å². The predicted molar refractivity (Wildman–Crippen MR) is 83.9 cm³/mol. The van der Waals surface area contributed by atoms with E-state index in [0.29, 0.717) is 45.8 Å². The number of nitrogens with zero attached hydrogens (tertiary/aromatic N) is 2.